The lowest BCUT2D eigenvalue weighted by Gasteiger charge is -2.11. The molecule has 1 aromatic carbocycles. The van der Waals surface area contributed by atoms with Crippen LogP contribution in [0.5, 0.6) is 5.75 Å². The quantitative estimate of drug-likeness (QED) is 0.609. The van der Waals surface area contributed by atoms with Crippen LogP contribution in [0.3, 0.4) is 0 Å². The van der Waals surface area contributed by atoms with Gasteiger partial charge in [-0.15, -0.1) is 11.3 Å². The fourth-order valence-electron chi connectivity index (χ4n) is 3.18. The van der Waals surface area contributed by atoms with E-state index in [1.807, 2.05) is 38.1 Å². The minimum atomic E-state index is -0.0213. The van der Waals surface area contributed by atoms with Crippen molar-refractivity contribution >= 4 is 21.6 Å². The van der Waals surface area contributed by atoms with Crippen molar-refractivity contribution in [1.82, 2.24) is 9.55 Å². The van der Waals surface area contributed by atoms with Gasteiger partial charge in [-0.25, -0.2) is 4.98 Å². The molecule has 0 amide bonds. The van der Waals surface area contributed by atoms with Crippen molar-refractivity contribution in [2.75, 3.05) is 7.11 Å². The molecule has 26 heavy (non-hydrogen) atoms. The molecule has 0 aliphatic heterocycles. The Labute approximate surface area is 156 Å². The number of nitriles is 1. The summed E-state index contributed by atoms with van der Waals surface area (Å²) in [5.41, 5.74) is 1.87. The van der Waals surface area contributed by atoms with Gasteiger partial charge < -0.3 is 4.74 Å². The van der Waals surface area contributed by atoms with Gasteiger partial charge in [0.25, 0.3) is 5.56 Å². The molecule has 0 saturated heterocycles. The van der Waals surface area contributed by atoms with Gasteiger partial charge in [0.2, 0.25) is 0 Å². The molecule has 5 nitrogen and oxygen atoms in total. The molecule has 6 heteroatoms. The van der Waals surface area contributed by atoms with Crippen molar-refractivity contribution in [2.24, 2.45) is 0 Å². The number of rotatable bonds is 6. The van der Waals surface area contributed by atoms with Crippen LogP contribution < -0.4 is 10.3 Å². The van der Waals surface area contributed by atoms with Crippen LogP contribution in [0, 0.1) is 18.3 Å². The van der Waals surface area contributed by atoms with Crippen LogP contribution in [0.1, 0.15) is 30.5 Å². The summed E-state index contributed by atoms with van der Waals surface area (Å²) in [6, 6.07) is 9.89. The van der Waals surface area contributed by atoms with E-state index in [9.17, 15) is 4.79 Å². The maximum atomic E-state index is 13.3. The van der Waals surface area contributed by atoms with Gasteiger partial charge >= 0.3 is 0 Å². The van der Waals surface area contributed by atoms with Crippen molar-refractivity contribution in [3.05, 3.63) is 45.3 Å². The molecule has 0 spiro atoms. The van der Waals surface area contributed by atoms with E-state index in [1.165, 1.54) is 0 Å². The van der Waals surface area contributed by atoms with E-state index in [2.05, 4.69) is 6.07 Å². The smallest absolute Gasteiger partial charge is 0.262 e. The Morgan fingerprint density at radius 2 is 2.19 bits per heavy atom. The Bertz CT molecular complexity index is 1040. The summed E-state index contributed by atoms with van der Waals surface area (Å²) >= 11 is 1.55. The number of nitrogens with zero attached hydrogens (tertiary/aromatic N) is 3. The number of aryl methyl sites for hydroxylation is 2. The van der Waals surface area contributed by atoms with E-state index >= 15 is 0 Å². The Morgan fingerprint density at radius 3 is 2.88 bits per heavy atom. The largest absolute Gasteiger partial charge is 0.497 e. The highest BCUT2D eigenvalue weighted by molar-refractivity contribution is 7.19. The van der Waals surface area contributed by atoms with Crippen LogP contribution in [0.25, 0.3) is 21.3 Å². The highest BCUT2D eigenvalue weighted by Crippen LogP contribution is 2.37. The van der Waals surface area contributed by atoms with Gasteiger partial charge in [-0.1, -0.05) is 19.1 Å². The molecular weight excluding hydrogens is 346 g/mol. The third-order valence-corrected chi connectivity index (χ3v) is 5.41. The molecule has 2 aromatic heterocycles. The van der Waals surface area contributed by atoms with Crippen molar-refractivity contribution < 1.29 is 4.74 Å². The maximum absolute atomic E-state index is 13.3. The van der Waals surface area contributed by atoms with Crippen LogP contribution in [0.2, 0.25) is 0 Å². The maximum Gasteiger partial charge on any atom is 0.262 e. The van der Waals surface area contributed by atoms with Gasteiger partial charge in [0, 0.05) is 29.8 Å². The van der Waals surface area contributed by atoms with Crippen LogP contribution in [-0.2, 0) is 13.0 Å². The second-order valence-corrected chi connectivity index (χ2v) is 7.25. The van der Waals surface area contributed by atoms with Crippen LogP contribution in [-0.4, -0.2) is 16.7 Å². The Balaban J connectivity index is 2.24. The van der Waals surface area contributed by atoms with Crippen molar-refractivity contribution in [3.8, 4) is 22.9 Å². The second-order valence-electron chi connectivity index (χ2n) is 6.05. The van der Waals surface area contributed by atoms with E-state index in [0.717, 1.165) is 32.4 Å². The highest BCUT2D eigenvalue weighted by Gasteiger charge is 2.19. The lowest BCUT2D eigenvalue weighted by molar-refractivity contribution is 0.415. The van der Waals surface area contributed by atoms with E-state index in [-0.39, 0.29) is 5.56 Å². The predicted octanol–water partition coefficient (Wildman–Crippen LogP) is 4.31. The number of methoxy groups -OCH3 is 1. The lowest BCUT2D eigenvalue weighted by atomic mass is 10.0. The number of fused-ring (bicyclic) bond motifs is 1. The molecule has 0 radical (unpaired) electrons. The Kier molecular flexibility index (Phi) is 5.38. The summed E-state index contributed by atoms with van der Waals surface area (Å²) in [6.45, 7) is 4.54. The van der Waals surface area contributed by atoms with Gasteiger partial charge in [0.05, 0.1) is 18.6 Å². The minimum Gasteiger partial charge on any atom is -0.497 e. The standard InChI is InChI=1S/C20H21N3O2S/c1-4-16-22-19-18(20(24)23(16)11-6-5-10-21)17(13(2)26-19)14-8-7-9-15(12-14)25-3/h7-9,12H,4-6,11H2,1-3H3. The first-order chi connectivity index (χ1) is 12.6. The molecule has 0 aliphatic rings. The molecule has 3 aromatic rings. The molecule has 0 fully saturated rings. The van der Waals surface area contributed by atoms with Crippen molar-refractivity contribution in [2.45, 2.75) is 39.7 Å². The van der Waals surface area contributed by atoms with E-state index in [1.54, 1.807) is 23.0 Å². The molecule has 0 N–H and O–H groups in total. The van der Waals surface area contributed by atoms with Gasteiger partial charge in [0.1, 0.15) is 16.4 Å². The average molecular weight is 367 g/mol. The zero-order valence-electron chi connectivity index (χ0n) is 15.2. The minimum absolute atomic E-state index is 0.0213. The highest BCUT2D eigenvalue weighted by atomic mass is 32.1. The summed E-state index contributed by atoms with van der Waals surface area (Å²) in [5, 5.41) is 9.46. The van der Waals surface area contributed by atoms with Crippen LogP contribution in [0.4, 0.5) is 0 Å². The molecule has 0 unspecified atom stereocenters. The third-order valence-electron chi connectivity index (χ3n) is 4.41. The molecule has 0 atom stereocenters. The fourth-order valence-corrected chi connectivity index (χ4v) is 4.23. The van der Waals surface area contributed by atoms with Gasteiger partial charge in [-0.05, 0) is 31.0 Å². The first-order valence-corrected chi connectivity index (χ1v) is 9.46. The van der Waals surface area contributed by atoms with Gasteiger partial charge in [-0.2, -0.15) is 5.26 Å². The summed E-state index contributed by atoms with van der Waals surface area (Å²) in [5.74, 6) is 1.53. The number of unbranched alkanes of at least 4 members (excludes halogenated alkanes) is 1. The number of hydrogen-bond donors (Lipinski definition) is 0. The predicted molar refractivity (Wildman–Crippen MR) is 105 cm³/mol. The molecular formula is C20H21N3O2S. The second kappa shape index (κ2) is 7.71. The Morgan fingerprint density at radius 1 is 1.38 bits per heavy atom. The fraction of sp³-hybridized carbons (Fsp3) is 0.350. The third kappa shape index (κ3) is 3.23. The molecule has 3 rings (SSSR count). The number of ether oxygens (including phenoxy) is 1. The normalized spacial score (nSPS) is 10.8. The zero-order valence-corrected chi connectivity index (χ0v) is 16.0. The number of benzene rings is 1. The van der Waals surface area contributed by atoms with Crippen LogP contribution in [0.15, 0.2) is 29.1 Å². The topological polar surface area (TPSA) is 67.9 Å². The average Bonchev–Trinajstić information content (AvgIpc) is 2.99. The molecule has 0 saturated carbocycles. The SMILES string of the molecule is CCc1nc2sc(C)c(-c3cccc(OC)c3)c2c(=O)n1CCCC#N. The van der Waals surface area contributed by atoms with E-state index in [0.29, 0.717) is 31.2 Å². The Hall–Kier alpha value is -2.65. The van der Waals surface area contributed by atoms with Gasteiger partial charge in [0.15, 0.2) is 0 Å². The number of hydrogen-bond acceptors (Lipinski definition) is 5. The summed E-state index contributed by atoms with van der Waals surface area (Å²) in [7, 11) is 1.63. The van der Waals surface area contributed by atoms with Crippen molar-refractivity contribution in [3.63, 3.8) is 0 Å². The summed E-state index contributed by atoms with van der Waals surface area (Å²) < 4.78 is 7.07. The van der Waals surface area contributed by atoms with Gasteiger partial charge in [-0.3, -0.25) is 9.36 Å². The number of aromatic nitrogens is 2. The molecule has 0 bridgehead atoms. The van der Waals surface area contributed by atoms with E-state index < -0.39 is 0 Å². The number of thiophene rings is 1. The van der Waals surface area contributed by atoms with E-state index in [4.69, 9.17) is 15.0 Å². The first kappa shape index (κ1) is 18.2. The van der Waals surface area contributed by atoms with Crippen LogP contribution >= 0.6 is 11.3 Å². The summed E-state index contributed by atoms with van der Waals surface area (Å²) in [6.07, 6.45) is 1.76. The molecule has 0 aliphatic carbocycles. The lowest BCUT2D eigenvalue weighted by Crippen LogP contribution is -2.25. The monoisotopic (exact) mass is 367 g/mol. The molecule has 134 valence electrons. The van der Waals surface area contributed by atoms with Crippen molar-refractivity contribution in [1.29, 1.82) is 5.26 Å². The first-order valence-electron chi connectivity index (χ1n) is 8.64. The zero-order chi connectivity index (χ0) is 18.7. The molecule has 2 heterocycles. The summed E-state index contributed by atoms with van der Waals surface area (Å²) in [4.78, 5) is 19.9.